The first-order valence-corrected chi connectivity index (χ1v) is 10.5. The number of rotatable bonds is 12. The minimum atomic E-state index is -0.429. The average molecular weight is 390 g/mol. The molecule has 27 heavy (non-hydrogen) atoms. The van der Waals surface area contributed by atoms with E-state index in [0.717, 1.165) is 18.4 Å². The van der Waals surface area contributed by atoms with Crippen LogP contribution in [0.25, 0.3) is 11.3 Å². The molecule has 0 aliphatic rings. The molecule has 1 amide bonds. The smallest absolute Gasteiger partial charge is 0.269 e. The average Bonchev–Trinajstić information content (AvgIpc) is 3.12. The SMILES string of the molecule is CCCCCCCCCCC(=O)Nc1nc(-c2ccc([N+](=O)[O-])cc2)cs1. The Bertz CT molecular complexity index is 728. The van der Waals surface area contributed by atoms with Gasteiger partial charge in [0, 0.05) is 29.5 Å². The normalized spacial score (nSPS) is 10.7. The molecular formula is C20H27N3O3S. The lowest BCUT2D eigenvalue weighted by Gasteiger charge is -2.03. The zero-order chi connectivity index (χ0) is 19.5. The van der Waals surface area contributed by atoms with Crippen molar-refractivity contribution in [2.24, 2.45) is 0 Å². The maximum Gasteiger partial charge on any atom is 0.269 e. The quantitative estimate of drug-likeness (QED) is 0.266. The summed E-state index contributed by atoms with van der Waals surface area (Å²) in [5.41, 5.74) is 1.55. The first-order chi connectivity index (χ1) is 13.1. The number of benzene rings is 1. The van der Waals surface area contributed by atoms with E-state index in [-0.39, 0.29) is 11.6 Å². The molecule has 1 aromatic heterocycles. The third-order valence-corrected chi connectivity index (χ3v) is 5.14. The van der Waals surface area contributed by atoms with E-state index in [9.17, 15) is 14.9 Å². The number of carbonyl (C=O) groups is 1. The first-order valence-electron chi connectivity index (χ1n) is 9.60. The van der Waals surface area contributed by atoms with Crippen LogP contribution in [0.5, 0.6) is 0 Å². The molecule has 0 saturated heterocycles. The number of nitrogens with zero attached hydrogens (tertiary/aromatic N) is 2. The highest BCUT2D eigenvalue weighted by Crippen LogP contribution is 2.26. The molecule has 2 rings (SSSR count). The standard InChI is InChI=1S/C20H27N3O3S/c1-2-3-4-5-6-7-8-9-10-19(24)22-20-21-18(15-27-20)16-11-13-17(14-12-16)23(25)26/h11-15H,2-10H2,1H3,(H,21,22,24). The molecule has 1 N–H and O–H groups in total. The van der Waals surface area contributed by atoms with Gasteiger partial charge in [0.1, 0.15) is 0 Å². The lowest BCUT2D eigenvalue weighted by Crippen LogP contribution is -2.10. The number of anilines is 1. The summed E-state index contributed by atoms with van der Waals surface area (Å²) < 4.78 is 0. The summed E-state index contributed by atoms with van der Waals surface area (Å²) in [6.45, 7) is 2.22. The largest absolute Gasteiger partial charge is 0.302 e. The van der Waals surface area contributed by atoms with E-state index >= 15 is 0 Å². The Morgan fingerprint density at radius 2 is 1.70 bits per heavy atom. The molecular weight excluding hydrogens is 362 g/mol. The molecule has 0 saturated carbocycles. The number of nitro benzene ring substituents is 1. The van der Waals surface area contributed by atoms with Crippen molar-refractivity contribution >= 4 is 28.1 Å². The molecule has 146 valence electrons. The fraction of sp³-hybridized carbons (Fsp3) is 0.500. The van der Waals surface area contributed by atoms with E-state index < -0.39 is 4.92 Å². The van der Waals surface area contributed by atoms with Crippen LogP contribution >= 0.6 is 11.3 Å². The second-order valence-corrected chi connectivity index (χ2v) is 7.47. The van der Waals surface area contributed by atoms with Gasteiger partial charge >= 0.3 is 0 Å². The van der Waals surface area contributed by atoms with Crippen molar-refractivity contribution in [1.82, 2.24) is 4.98 Å². The Kier molecular flexibility index (Phi) is 8.91. The molecule has 0 unspecified atom stereocenters. The van der Waals surface area contributed by atoms with Crippen LogP contribution in [0.2, 0.25) is 0 Å². The van der Waals surface area contributed by atoms with E-state index in [0.29, 0.717) is 17.2 Å². The van der Waals surface area contributed by atoms with Crippen LogP contribution in [-0.4, -0.2) is 15.8 Å². The van der Waals surface area contributed by atoms with Crippen LogP contribution < -0.4 is 5.32 Å². The number of non-ortho nitro benzene ring substituents is 1. The number of thiazole rings is 1. The van der Waals surface area contributed by atoms with E-state index in [2.05, 4.69) is 17.2 Å². The van der Waals surface area contributed by atoms with E-state index in [4.69, 9.17) is 0 Å². The summed E-state index contributed by atoms with van der Waals surface area (Å²) in [7, 11) is 0. The summed E-state index contributed by atoms with van der Waals surface area (Å²) in [5, 5.41) is 15.9. The molecule has 0 bridgehead atoms. The molecule has 0 aliphatic carbocycles. The maximum atomic E-state index is 12.0. The molecule has 6 nitrogen and oxygen atoms in total. The van der Waals surface area contributed by atoms with Gasteiger partial charge in [-0.1, -0.05) is 51.9 Å². The van der Waals surface area contributed by atoms with Gasteiger partial charge in [0.2, 0.25) is 5.91 Å². The number of unbranched alkanes of at least 4 members (excludes halogenated alkanes) is 7. The van der Waals surface area contributed by atoms with Gasteiger partial charge < -0.3 is 5.32 Å². The van der Waals surface area contributed by atoms with Crippen LogP contribution in [0.3, 0.4) is 0 Å². The van der Waals surface area contributed by atoms with Crippen LogP contribution in [0, 0.1) is 10.1 Å². The second kappa shape index (κ2) is 11.4. The van der Waals surface area contributed by atoms with Crippen molar-refractivity contribution < 1.29 is 9.72 Å². The predicted molar refractivity (Wildman–Crippen MR) is 110 cm³/mol. The number of nitro groups is 1. The van der Waals surface area contributed by atoms with Gasteiger partial charge in [-0.05, 0) is 18.6 Å². The summed E-state index contributed by atoms with van der Waals surface area (Å²) in [6, 6.07) is 6.24. The van der Waals surface area contributed by atoms with Crippen LogP contribution in [0.1, 0.15) is 64.7 Å². The van der Waals surface area contributed by atoms with Crippen LogP contribution in [0.4, 0.5) is 10.8 Å². The highest BCUT2D eigenvalue weighted by atomic mass is 32.1. The fourth-order valence-electron chi connectivity index (χ4n) is 2.82. The zero-order valence-electron chi connectivity index (χ0n) is 15.8. The minimum absolute atomic E-state index is 0.00872. The number of amides is 1. The molecule has 2 aromatic rings. The van der Waals surface area contributed by atoms with Gasteiger partial charge in [-0.2, -0.15) is 0 Å². The van der Waals surface area contributed by atoms with Crippen molar-refractivity contribution in [3.8, 4) is 11.3 Å². The summed E-state index contributed by atoms with van der Waals surface area (Å²) >= 11 is 1.36. The Morgan fingerprint density at radius 3 is 2.33 bits per heavy atom. The third-order valence-electron chi connectivity index (χ3n) is 4.38. The van der Waals surface area contributed by atoms with Gasteiger partial charge in [0.25, 0.3) is 5.69 Å². The number of aromatic nitrogens is 1. The van der Waals surface area contributed by atoms with Crippen LogP contribution in [0.15, 0.2) is 29.6 Å². The van der Waals surface area contributed by atoms with Gasteiger partial charge in [-0.15, -0.1) is 11.3 Å². The molecule has 0 aliphatic heterocycles. The zero-order valence-corrected chi connectivity index (χ0v) is 16.6. The Balaban J connectivity index is 1.70. The lowest BCUT2D eigenvalue weighted by molar-refractivity contribution is -0.384. The van der Waals surface area contributed by atoms with E-state index in [1.807, 2.05) is 5.38 Å². The van der Waals surface area contributed by atoms with Crippen molar-refractivity contribution in [2.45, 2.75) is 64.7 Å². The Labute approximate surface area is 164 Å². The van der Waals surface area contributed by atoms with Crippen molar-refractivity contribution in [1.29, 1.82) is 0 Å². The number of carbonyl (C=O) groups excluding carboxylic acids is 1. The number of nitrogens with one attached hydrogen (secondary N) is 1. The molecule has 0 radical (unpaired) electrons. The summed E-state index contributed by atoms with van der Waals surface area (Å²) in [5.74, 6) is -0.00872. The molecule has 0 atom stereocenters. The van der Waals surface area contributed by atoms with Crippen molar-refractivity contribution in [3.63, 3.8) is 0 Å². The van der Waals surface area contributed by atoms with Crippen molar-refractivity contribution in [2.75, 3.05) is 5.32 Å². The maximum absolute atomic E-state index is 12.0. The molecule has 7 heteroatoms. The van der Waals surface area contributed by atoms with Gasteiger partial charge in [0.15, 0.2) is 5.13 Å². The topological polar surface area (TPSA) is 85.1 Å². The molecule has 0 spiro atoms. The minimum Gasteiger partial charge on any atom is -0.302 e. The van der Waals surface area contributed by atoms with Gasteiger partial charge in [0.05, 0.1) is 10.6 Å². The molecule has 1 heterocycles. The molecule has 0 fully saturated rings. The number of hydrogen-bond acceptors (Lipinski definition) is 5. The summed E-state index contributed by atoms with van der Waals surface area (Å²) in [6.07, 6.45) is 10.2. The summed E-state index contributed by atoms with van der Waals surface area (Å²) in [4.78, 5) is 26.7. The molecule has 1 aromatic carbocycles. The van der Waals surface area contributed by atoms with Crippen LogP contribution in [-0.2, 0) is 4.79 Å². The van der Waals surface area contributed by atoms with Crippen molar-refractivity contribution in [3.05, 3.63) is 39.8 Å². The Morgan fingerprint density at radius 1 is 1.07 bits per heavy atom. The van der Waals surface area contributed by atoms with Gasteiger partial charge in [-0.25, -0.2) is 4.98 Å². The third kappa shape index (κ3) is 7.46. The van der Waals surface area contributed by atoms with Gasteiger partial charge in [-0.3, -0.25) is 14.9 Å². The highest BCUT2D eigenvalue weighted by molar-refractivity contribution is 7.14. The predicted octanol–water partition coefficient (Wildman–Crippen LogP) is 6.19. The monoisotopic (exact) mass is 389 g/mol. The highest BCUT2D eigenvalue weighted by Gasteiger charge is 2.10. The Hall–Kier alpha value is -2.28. The van der Waals surface area contributed by atoms with E-state index in [1.165, 1.54) is 62.0 Å². The fourth-order valence-corrected chi connectivity index (χ4v) is 3.55. The lowest BCUT2D eigenvalue weighted by atomic mass is 10.1. The second-order valence-electron chi connectivity index (χ2n) is 6.61. The van der Waals surface area contributed by atoms with E-state index in [1.54, 1.807) is 12.1 Å². The number of hydrogen-bond donors (Lipinski definition) is 1. The first kappa shape index (κ1) is 21.0.